The molecule has 8 nitrogen and oxygen atoms in total. The van der Waals surface area contributed by atoms with Gasteiger partial charge < -0.3 is 15.8 Å². The molecule has 5 aromatic rings. The predicted octanol–water partition coefficient (Wildman–Crippen LogP) is 6.09. The number of aryl methyl sites for hydroxylation is 2. The second kappa shape index (κ2) is 10.1. The minimum absolute atomic E-state index is 0.226. The quantitative estimate of drug-likeness (QED) is 0.253. The molecule has 0 unspecified atom stereocenters. The van der Waals surface area contributed by atoms with Crippen LogP contribution in [0.2, 0.25) is 0 Å². The van der Waals surface area contributed by atoms with Crippen molar-refractivity contribution in [2.24, 2.45) is 0 Å². The summed E-state index contributed by atoms with van der Waals surface area (Å²) in [5.41, 5.74) is 12.6. The Balaban J connectivity index is 1.51. The highest BCUT2D eigenvalue weighted by Crippen LogP contribution is 2.40. The number of thiophene rings is 1. The summed E-state index contributed by atoms with van der Waals surface area (Å²) in [4.78, 5) is 37.7. The van der Waals surface area contributed by atoms with Crippen LogP contribution in [-0.2, 0) is 24.0 Å². The van der Waals surface area contributed by atoms with Gasteiger partial charge in [0.15, 0.2) is 5.65 Å². The van der Waals surface area contributed by atoms with Crippen LogP contribution >= 0.6 is 11.3 Å². The first kappa shape index (κ1) is 25.1. The van der Waals surface area contributed by atoms with Crippen molar-refractivity contribution in [3.05, 3.63) is 75.7 Å². The van der Waals surface area contributed by atoms with Crippen molar-refractivity contribution in [2.45, 2.75) is 46.0 Å². The number of carbonyl (C=O) groups excluding carboxylic acids is 2. The van der Waals surface area contributed by atoms with Crippen LogP contribution < -0.4 is 11.1 Å². The second-order valence-corrected chi connectivity index (χ2v) is 10.7. The smallest absolute Gasteiger partial charge is 0.341 e. The predicted molar refractivity (Wildman–Crippen MR) is 155 cm³/mol. The third-order valence-electron chi connectivity index (χ3n) is 7.21. The Morgan fingerprint density at radius 3 is 2.44 bits per heavy atom. The number of aromatic nitrogens is 3. The molecule has 0 radical (unpaired) electrons. The van der Waals surface area contributed by atoms with Gasteiger partial charge in [0.2, 0.25) is 0 Å². The van der Waals surface area contributed by atoms with Gasteiger partial charge in [-0.1, -0.05) is 31.2 Å². The molecule has 1 amide bonds. The lowest BCUT2D eigenvalue weighted by molar-refractivity contribution is 0.0526. The number of nitrogens with two attached hydrogens (primary N) is 1. The summed E-state index contributed by atoms with van der Waals surface area (Å²) in [6, 6.07) is 15.6. The van der Waals surface area contributed by atoms with E-state index in [1.807, 2.05) is 48.5 Å². The van der Waals surface area contributed by atoms with Crippen LogP contribution in [0.1, 0.15) is 63.4 Å². The summed E-state index contributed by atoms with van der Waals surface area (Å²) in [7, 11) is 0. The molecule has 39 heavy (non-hydrogen) atoms. The standard InChI is InChI=1S/C30H29N5O3S/c1-3-17-13-15-18(16-14-17)35-26(31)24(25-27(35)33-21-11-7-6-10-20(21)32-25)28(36)34-29-23(30(37)38-4-2)19-9-5-8-12-22(19)39-29/h6-7,10-11,13-16H,3-5,8-9,12,31H2,1-2H3,(H,34,36). The highest BCUT2D eigenvalue weighted by Gasteiger charge is 2.30. The highest BCUT2D eigenvalue weighted by molar-refractivity contribution is 7.17. The van der Waals surface area contributed by atoms with Crippen molar-refractivity contribution in [3.8, 4) is 5.69 Å². The van der Waals surface area contributed by atoms with E-state index >= 15 is 0 Å². The highest BCUT2D eigenvalue weighted by atomic mass is 32.1. The van der Waals surface area contributed by atoms with Crippen molar-refractivity contribution in [1.29, 1.82) is 0 Å². The zero-order valence-corrected chi connectivity index (χ0v) is 22.7. The van der Waals surface area contributed by atoms with Crippen LogP contribution in [0.5, 0.6) is 0 Å². The molecule has 0 spiro atoms. The molecule has 3 heterocycles. The lowest BCUT2D eigenvalue weighted by atomic mass is 9.95. The topological polar surface area (TPSA) is 112 Å². The largest absolute Gasteiger partial charge is 0.462 e. The zero-order valence-electron chi connectivity index (χ0n) is 21.9. The summed E-state index contributed by atoms with van der Waals surface area (Å²) in [5, 5.41) is 3.50. The van der Waals surface area contributed by atoms with Crippen LogP contribution in [0.3, 0.4) is 0 Å². The minimum atomic E-state index is -0.435. The second-order valence-electron chi connectivity index (χ2n) is 9.59. The van der Waals surface area contributed by atoms with Crippen molar-refractivity contribution in [2.75, 3.05) is 17.7 Å². The van der Waals surface area contributed by atoms with Gasteiger partial charge in [-0.15, -0.1) is 11.3 Å². The van der Waals surface area contributed by atoms with E-state index in [9.17, 15) is 9.59 Å². The number of hydrogen-bond donors (Lipinski definition) is 2. The van der Waals surface area contributed by atoms with E-state index in [1.54, 1.807) is 11.5 Å². The Morgan fingerprint density at radius 2 is 1.72 bits per heavy atom. The van der Waals surface area contributed by atoms with E-state index < -0.39 is 11.9 Å². The average Bonchev–Trinajstić information content (AvgIpc) is 3.45. The molecule has 198 valence electrons. The van der Waals surface area contributed by atoms with E-state index in [0.717, 1.165) is 48.2 Å². The lowest BCUT2D eigenvalue weighted by Gasteiger charge is -2.12. The van der Waals surface area contributed by atoms with Crippen molar-refractivity contribution >= 4 is 56.2 Å². The molecule has 3 aromatic heterocycles. The monoisotopic (exact) mass is 539 g/mol. The first-order valence-electron chi connectivity index (χ1n) is 13.3. The molecule has 1 aliphatic rings. The number of benzene rings is 2. The maximum Gasteiger partial charge on any atom is 0.341 e. The van der Waals surface area contributed by atoms with Crippen LogP contribution in [0.25, 0.3) is 27.9 Å². The molecule has 6 rings (SSSR count). The maximum atomic E-state index is 14.0. The number of nitrogens with zero attached hydrogens (tertiary/aromatic N) is 3. The molecule has 3 N–H and O–H groups in total. The first-order chi connectivity index (χ1) is 19.0. The number of amides is 1. The third kappa shape index (κ3) is 4.32. The number of ether oxygens (including phenoxy) is 1. The first-order valence-corrected chi connectivity index (χ1v) is 14.1. The van der Waals surface area contributed by atoms with E-state index in [2.05, 4.69) is 12.2 Å². The van der Waals surface area contributed by atoms with Gasteiger partial charge in [0, 0.05) is 10.6 Å². The molecule has 2 aromatic carbocycles. The normalized spacial score (nSPS) is 13.0. The molecule has 0 saturated carbocycles. The Hall–Kier alpha value is -4.24. The van der Waals surface area contributed by atoms with Gasteiger partial charge >= 0.3 is 5.97 Å². The van der Waals surface area contributed by atoms with Gasteiger partial charge in [-0.2, -0.15) is 0 Å². The van der Waals surface area contributed by atoms with Crippen LogP contribution in [0, 0.1) is 0 Å². The molecule has 9 heteroatoms. The van der Waals surface area contributed by atoms with Gasteiger partial charge in [0.1, 0.15) is 21.9 Å². The van der Waals surface area contributed by atoms with Crippen LogP contribution in [0.15, 0.2) is 48.5 Å². The molecule has 0 atom stereocenters. The zero-order chi connectivity index (χ0) is 27.1. The number of rotatable bonds is 6. The van der Waals surface area contributed by atoms with Gasteiger partial charge in [0.25, 0.3) is 5.91 Å². The number of nitrogens with one attached hydrogen (secondary N) is 1. The fraction of sp³-hybridized carbons (Fsp3) is 0.267. The van der Waals surface area contributed by atoms with E-state index in [0.29, 0.717) is 32.8 Å². The number of anilines is 2. The minimum Gasteiger partial charge on any atom is -0.462 e. The number of fused-ring (bicyclic) bond motifs is 3. The van der Waals surface area contributed by atoms with Crippen molar-refractivity contribution < 1.29 is 14.3 Å². The van der Waals surface area contributed by atoms with Crippen LogP contribution in [0.4, 0.5) is 10.8 Å². The number of carbonyl (C=O) groups is 2. The fourth-order valence-corrected chi connectivity index (χ4v) is 6.54. The molecule has 0 saturated heterocycles. The van der Waals surface area contributed by atoms with Crippen molar-refractivity contribution in [3.63, 3.8) is 0 Å². The summed E-state index contributed by atoms with van der Waals surface area (Å²) in [6.07, 6.45) is 4.65. The number of para-hydroxylation sites is 2. The van der Waals surface area contributed by atoms with E-state index in [1.165, 1.54) is 16.9 Å². The number of nitrogen functional groups attached to an aromatic ring is 1. The Labute approximate surface area is 229 Å². The van der Waals surface area contributed by atoms with Gasteiger partial charge in [-0.3, -0.25) is 9.36 Å². The molecule has 0 fully saturated rings. The Kier molecular flexibility index (Phi) is 6.52. The molecular weight excluding hydrogens is 510 g/mol. The SMILES string of the molecule is CCOC(=O)c1c(NC(=O)c2c(N)n(-c3ccc(CC)cc3)c3nc4ccccc4nc23)sc2c1CCCC2. The summed E-state index contributed by atoms with van der Waals surface area (Å²) < 4.78 is 7.14. The third-order valence-corrected chi connectivity index (χ3v) is 8.41. The van der Waals surface area contributed by atoms with Crippen LogP contribution in [-0.4, -0.2) is 33.0 Å². The molecule has 0 aliphatic heterocycles. The van der Waals surface area contributed by atoms with Crippen molar-refractivity contribution in [1.82, 2.24) is 14.5 Å². The number of esters is 1. The van der Waals surface area contributed by atoms with E-state index in [4.69, 9.17) is 20.4 Å². The maximum absolute atomic E-state index is 14.0. The summed E-state index contributed by atoms with van der Waals surface area (Å²) >= 11 is 1.44. The van der Waals surface area contributed by atoms with Gasteiger partial charge in [-0.05, 0) is 74.4 Å². The van der Waals surface area contributed by atoms with Gasteiger partial charge in [0.05, 0.1) is 23.2 Å². The molecule has 0 bridgehead atoms. The Morgan fingerprint density at radius 1 is 1.00 bits per heavy atom. The number of hydrogen-bond acceptors (Lipinski definition) is 7. The van der Waals surface area contributed by atoms with E-state index in [-0.39, 0.29) is 18.0 Å². The Bertz CT molecular complexity index is 1740. The molecule has 1 aliphatic carbocycles. The average molecular weight is 540 g/mol. The fourth-order valence-electron chi connectivity index (χ4n) is 5.27. The summed E-state index contributed by atoms with van der Waals surface area (Å²) in [6.45, 7) is 4.14. The summed E-state index contributed by atoms with van der Waals surface area (Å²) in [5.74, 6) is -0.611. The molecular formula is C30H29N5O3S. The van der Waals surface area contributed by atoms with Gasteiger partial charge in [-0.25, -0.2) is 14.8 Å². The lowest BCUT2D eigenvalue weighted by Crippen LogP contribution is -2.17.